The number of aromatic nitrogens is 1. The van der Waals surface area contributed by atoms with Gasteiger partial charge in [-0.15, -0.1) is 0 Å². The molecule has 0 bridgehead atoms. The van der Waals surface area contributed by atoms with Crippen LogP contribution in [0.5, 0.6) is 5.75 Å². The molecular weight excluding hydrogens is 646 g/mol. The summed E-state index contributed by atoms with van der Waals surface area (Å²) >= 11 is 0. The Balaban J connectivity index is 1.54. The first kappa shape index (κ1) is 33.7. The van der Waals surface area contributed by atoms with Gasteiger partial charge in [0, 0.05) is 17.5 Å². The largest absolute Gasteiger partial charge is 0.496 e. The molecule has 5 rings (SSSR count). The predicted octanol–water partition coefficient (Wildman–Crippen LogP) is 7.35. The van der Waals surface area contributed by atoms with E-state index < -0.39 is 72.3 Å². The Morgan fingerprint density at radius 2 is 1.64 bits per heavy atom. The molecule has 2 saturated heterocycles. The van der Waals surface area contributed by atoms with Crippen LogP contribution in [0.2, 0.25) is 0 Å². The van der Waals surface area contributed by atoms with E-state index in [2.05, 4.69) is 4.98 Å². The van der Waals surface area contributed by atoms with Gasteiger partial charge in [-0.25, -0.2) is 18.6 Å². The highest BCUT2D eigenvalue weighted by molar-refractivity contribution is 5.76. The first-order valence-electron chi connectivity index (χ1n) is 14.1. The molecule has 0 unspecified atom stereocenters. The van der Waals surface area contributed by atoms with Crippen LogP contribution in [0.15, 0.2) is 48.5 Å². The van der Waals surface area contributed by atoms with Crippen LogP contribution in [-0.2, 0) is 34.8 Å². The molecule has 16 heteroatoms. The van der Waals surface area contributed by atoms with Crippen molar-refractivity contribution in [3.8, 4) is 16.9 Å². The Hall–Kier alpha value is -4.63. The molecule has 8 nitrogen and oxygen atoms in total. The van der Waals surface area contributed by atoms with E-state index in [9.17, 15) is 44.7 Å². The standard InChI is InChI=1S/C31H27F8N3O5/c1-16-27(18-10-19(30(34,35)36)12-20(11-18)31(37,38)39)47-28(45)42(16)13-23-21(5-7-25(40-23)41-14-29(32,33)15-41)22-9-17(4-8-26(43)44)3-6-24(22)46-2/h3,5-7,9-12,16,27H,4,8,13-15H2,1-2H3,(H,43,44)/t16-,27-/m0/s1. The average molecular weight is 674 g/mol. The third-order valence-corrected chi connectivity index (χ3v) is 7.96. The summed E-state index contributed by atoms with van der Waals surface area (Å²) in [5.41, 5.74) is -2.13. The van der Waals surface area contributed by atoms with Crippen molar-refractivity contribution in [2.75, 3.05) is 25.1 Å². The number of halogens is 8. The number of anilines is 1. The lowest BCUT2D eigenvalue weighted by Gasteiger charge is -2.39. The fraction of sp³-hybridized carbons (Fsp3) is 0.387. The summed E-state index contributed by atoms with van der Waals surface area (Å²) in [5, 5.41) is 9.12. The third kappa shape index (κ3) is 7.20. The van der Waals surface area contributed by atoms with Gasteiger partial charge < -0.3 is 19.5 Å². The van der Waals surface area contributed by atoms with Crippen molar-refractivity contribution < 1.29 is 59.3 Å². The van der Waals surface area contributed by atoms with Crippen LogP contribution in [0.3, 0.4) is 0 Å². The Morgan fingerprint density at radius 3 is 2.19 bits per heavy atom. The average Bonchev–Trinajstić information content (AvgIpc) is 3.26. The number of hydrogen-bond donors (Lipinski definition) is 1. The molecule has 0 saturated carbocycles. The number of pyridine rings is 1. The van der Waals surface area contributed by atoms with Gasteiger partial charge in [-0.2, -0.15) is 26.3 Å². The number of carboxylic acids is 1. The Bertz CT molecular complexity index is 1650. The van der Waals surface area contributed by atoms with Crippen molar-refractivity contribution in [2.24, 2.45) is 0 Å². The molecule has 252 valence electrons. The number of benzene rings is 2. The van der Waals surface area contributed by atoms with Crippen LogP contribution < -0.4 is 9.64 Å². The molecule has 2 atom stereocenters. The molecule has 1 N–H and O–H groups in total. The van der Waals surface area contributed by atoms with Gasteiger partial charge in [0.1, 0.15) is 17.7 Å². The molecule has 0 aliphatic carbocycles. The van der Waals surface area contributed by atoms with Crippen molar-refractivity contribution in [1.29, 1.82) is 0 Å². The fourth-order valence-electron chi connectivity index (χ4n) is 5.54. The quantitative estimate of drug-likeness (QED) is 0.238. The molecule has 47 heavy (non-hydrogen) atoms. The van der Waals surface area contributed by atoms with E-state index in [1.54, 1.807) is 24.3 Å². The number of nitrogens with zero attached hydrogens (tertiary/aromatic N) is 3. The minimum absolute atomic E-state index is 0.0261. The number of carbonyl (C=O) groups is 2. The molecule has 2 fully saturated rings. The summed E-state index contributed by atoms with van der Waals surface area (Å²) in [6, 6.07) is 7.80. The lowest BCUT2D eigenvalue weighted by atomic mass is 9.96. The highest BCUT2D eigenvalue weighted by Gasteiger charge is 2.46. The van der Waals surface area contributed by atoms with Gasteiger partial charge in [-0.1, -0.05) is 6.07 Å². The number of ether oxygens (including phenoxy) is 2. The number of carboxylic acid groups (broad SMARTS) is 1. The van der Waals surface area contributed by atoms with Crippen LogP contribution in [-0.4, -0.2) is 59.2 Å². The highest BCUT2D eigenvalue weighted by Crippen LogP contribution is 2.42. The van der Waals surface area contributed by atoms with Gasteiger partial charge in [-0.3, -0.25) is 9.69 Å². The van der Waals surface area contributed by atoms with E-state index in [1.807, 2.05) is 0 Å². The van der Waals surface area contributed by atoms with Crippen molar-refractivity contribution >= 4 is 17.9 Å². The molecule has 2 aliphatic rings. The number of cyclic esters (lactones) is 1. The Morgan fingerprint density at radius 1 is 1.00 bits per heavy atom. The van der Waals surface area contributed by atoms with E-state index >= 15 is 0 Å². The minimum atomic E-state index is -5.12. The maximum atomic E-state index is 13.7. The van der Waals surface area contributed by atoms with Crippen molar-refractivity contribution in [3.05, 3.63) is 76.5 Å². The summed E-state index contributed by atoms with van der Waals surface area (Å²) in [7, 11) is 1.38. The van der Waals surface area contributed by atoms with Crippen LogP contribution in [0.4, 0.5) is 45.7 Å². The fourth-order valence-corrected chi connectivity index (χ4v) is 5.54. The van der Waals surface area contributed by atoms with Gasteiger partial charge in [0.25, 0.3) is 5.92 Å². The molecule has 2 aliphatic heterocycles. The zero-order valence-corrected chi connectivity index (χ0v) is 24.8. The van der Waals surface area contributed by atoms with Crippen LogP contribution in [0.25, 0.3) is 11.1 Å². The molecule has 0 spiro atoms. The number of aryl methyl sites for hydroxylation is 1. The SMILES string of the molecule is COc1ccc(CCC(=O)O)cc1-c1ccc(N2CC(F)(F)C2)nc1CN1C(=O)O[C@H](c2cc(C(F)(F)F)cc(C(F)(F)F)c2)[C@@H]1C. The zero-order chi connectivity index (χ0) is 34.5. The van der Waals surface area contributed by atoms with Gasteiger partial charge in [0.05, 0.1) is 49.6 Å². The summed E-state index contributed by atoms with van der Waals surface area (Å²) in [5.74, 6) is -3.50. The number of amides is 1. The first-order valence-corrected chi connectivity index (χ1v) is 14.1. The second-order valence-electron chi connectivity index (χ2n) is 11.3. The monoisotopic (exact) mass is 673 g/mol. The molecule has 1 amide bonds. The molecule has 1 aromatic heterocycles. The summed E-state index contributed by atoms with van der Waals surface area (Å²) < 4.78 is 119. The van der Waals surface area contributed by atoms with Gasteiger partial charge >= 0.3 is 24.4 Å². The third-order valence-electron chi connectivity index (χ3n) is 7.96. The summed E-state index contributed by atoms with van der Waals surface area (Å²) in [4.78, 5) is 31.2. The molecule has 3 aromatic rings. The van der Waals surface area contributed by atoms with Crippen LogP contribution in [0, 0.1) is 0 Å². The number of rotatable bonds is 9. The van der Waals surface area contributed by atoms with E-state index in [-0.39, 0.29) is 37.0 Å². The normalized spacial score (nSPS) is 19.4. The first-order chi connectivity index (χ1) is 21.9. The number of aliphatic carboxylic acids is 1. The maximum absolute atomic E-state index is 13.7. The number of alkyl halides is 8. The molecule has 0 radical (unpaired) electrons. The molecule has 2 aromatic carbocycles. The number of carbonyl (C=O) groups excluding carboxylic acids is 1. The topological polar surface area (TPSA) is 92.2 Å². The van der Waals surface area contributed by atoms with Crippen LogP contribution >= 0.6 is 0 Å². The van der Waals surface area contributed by atoms with Crippen LogP contribution in [0.1, 0.15) is 47.4 Å². The van der Waals surface area contributed by atoms with Crippen molar-refractivity contribution in [1.82, 2.24) is 9.88 Å². The van der Waals surface area contributed by atoms with Crippen molar-refractivity contribution in [2.45, 2.75) is 56.7 Å². The smallest absolute Gasteiger partial charge is 0.416 e. The van der Waals surface area contributed by atoms with Gasteiger partial charge in [-0.05, 0) is 66.9 Å². The van der Waals surface area contributed by atoms with E-state index in [4.69, 9.17) is 14.6 Å². The Kier molecular flexibility index (Phi) is 8.75. The summed E-state index contributed by atoms with van der Waals surface area (Å²) in [6.07, 6.45) is -12.8. The second-order valence-corrected chi connectivity index (χ2v) is 11.3. The summed E-state index contributed by atoms with van der Waals surface area (Å²) in [6.45, 7) is -0.227. The van der Waals surface area contributed by atoms with Crippen molar-refractivity contribution in [3.63, 3.8) is 0 Å². The molecule has 3 heterocycles. The van der Waals surface area contributed by atoms with E-state index in [0.29, 0.717) is 34.6 Å². The minimum Gasteiger partial charge on any atom is -0.496 e. The lowest BCUT2D eigenvalue weighted by molar-refractivity contribution is -0.143. The Labute approximate surface area is 262 Å². The number of methoxy groups -OCH3 is 1. The van der Waals surface area contributed by atoms with Gasteiger partial charge in [0.15, 0.2) is 0 Å². The van der Waals surface area contributed by atoms with E-state index in [1.165, 1.54) is 25.0 Å². The second kappa shape index (κ2) is 12.2. The molecular formula is C31H27F8N3O5. The lowest BCUT2D eigenvalue weighted by Crippen LogP contribution is -2.56. The zero-order valence-electron chi connectivity index (χ0n) is 24.8. The predicted molar refractivity (Wildman–Crippen MR) is 150 cm³/mol. The number of hydrogen-bond acceptors (Lipinski definition) is 6. The van der Waals surface area contributed by atoms with Gasteiger partial charge in [0.2, 0.25) is 0 Å². The maximum Gasteiger partial charge on any atom is 0.416 e. The van der Waals surface area contributed by atoms with E-state index in [0.717, 1.165) is 4.90 Å². The highest BCUT2D eigenvalue weighted by atomic mass is 19.4.